The third kappa shape index (κ3) is 5.34. The highest BCUT2D eigenvalue weighted by atomic mass is 16.5. The van der Waals surface area contributed by atoms with Crippen molar-refractivity contribution in [2.24, 2.45) is 0 Å². The summed E-state index contributed by atoms with van der Waals surface area (Å²) in [7, 11) is 5.39. The predicted molar refractivity (Wildman–Crippen MR) is 137 cm³/mol. The van der Waals surface area contributed by atoms with Crippen molar-refractivity contribution >= 4 is 16.7 Å². The first-order valence-electron chi connectivity index (χ1n) is 11.9. The number of methoxy groups -OCH3 is 2. The maximum Gasteiger partial charge on any atom is 0.258 e. The number of piperazine rings is 1. The fourth-order valence-electron chi connectivity index (χ4n) is 4.44. The molecule has 8 heteroatoms. The van der Waals surface area contributed by atoms with E-state index in [-0.39, 0.29) is 5.56 Å². The molecule has 3 heterocycles. The zero-order chi connectivity index (χ0) is 24.1. The molecule has 0 atom stereocenters. The maximum absolute atomic E-state index is 13.4. The minimum Gasteiger partial charge on any atom is -0.497 e. The van der Waals surface area contributed by atoms with Gasteiger partial charge in [-0.2, -0.15) is 0 Å². The number of fused-ring (bicyclic) bond motifs is 1. The Morgan fingerprint density at radius 2 is 1.71 bits per heavy atom. The Morgan fingerprint density at radius 1 is 1.00 bits per heavy atom. The lowest BCUT2D eigenvalue weighted by atomic mass is 10.0. The van der Waals surface area contributed by atoms with Crippen LogP contribution in [0.3, 0.4) is 0 Å². The van der Waals surface area contributed by atoms with Gasteiger partial charge < -0.3 is 29.2 Å². The number of benzene rings is 1. The lowest BCUT2D eigenvalue weighted by Gasteiger charge is -2.32. The zero-order valence-corrected chi connectivity index (χ0v) is 20.6. The Balaban J connectivity index is 1.54. The van der Waals surface area contributed by atoms with Crippen LogP contribution in [0.25, 0.3) is 22.0 Å². The standard InChI is InChI=1S/C26H35N5O3/c1-5-31-24-17-25(27-7-6-8-30-11-9-29(2)10-12-30)28-18-20(24)15-23(26(31)32)19-13-21(33-3)16-22(14-19)34-4/h13-18H,5-12H2,1-4H3,(H,27,28). The molecule has 1 aliphatic heterocycles. The zero-order valence-electron chi connectivity index (χ0n) is 20.6. The van der Waals surface area contributed by atoms with E-state index in [0.717, 1.165) is 68.0 Å². The van der Waals surface area contributed by atoms with E-state index in [1.165, 1.54) is 0 Å². The SMILES string of the molecule is CCn1c(=O)c(-c2cc(OC)cc(OC)c2)cc2cnc(NCCCN3CCN(C)CC3)cc21. The van der Waals surface area contributed by atoms with Crippen LogP contribution in [-0.4, -0.2) is 79.9 Å². The van der Waals surface area contributed by atoms with Gasteiger partial charge in [-0.1, -0.05) is 0 Å². The summed E-state index contributed by atoms with van der Waals surface area (Å²) >= 11 is 0. The van der Waals surface area contributed by atoms with Gasteiger partial charge in [0.2, 0.25) is 0 Å². The molecule has 0 radical (unpaired) electrons. The minimum absolute atomic E-state index is 0.0440. The van der Waals surface area contributed by atoms with E-state index >= 15 is 0 Å². The number of likely N-dealkylation sites (N-methyl/N-ethyl adjacent to an activating group) is 1. The molecule has 1 aliphatic rings. The average Bonchev–Trinajstić information content (AvgIpc) is 2.87. The van der Waals surface area contributed by atoms with E-state index in [4.69, 9.17) is 9.47 Å². The lowest BCUT2D eigenvalue weighted by molar-refractivity contribution is 0.154. The molecule has 2 aromatic heterocycles. The topological polar surface area (TPSA) is 71.9 Å². The number of anilines is 1. The van der Waals surface area contributed by atoms with Crippen molar-refractivity contribution in [3.63, 3.8) is 0 Å². The van der Waals surface area contributed by atoms with Gasteiger partial charge in [0.05, 0.1) is 19.7 Å². The first-order valence-corrected chi connectivity index (χ1v) is 11.9. The molecule has 1 fully saturated rings. The van der Waals surface area contributed by atoms with Crippen molar-refractivity contribution in [2.75, 3.05) is 65.9 Å². The first-order chi connectivity index (χ1) is 16.5. The molecule has 0 unspecified atom stereocenters. The van der Waals surface area contributed by atoms with Crippen LogP contribution < -0.4 is 20.3 Å². The van der Waals surface area contributed by atoms with Crippen LogP contribution in [0.1, 0.15) is 13.3 Å². The molecule has 1 N–H and O–H groups in total. The normalized spacial score (nSPS) is 14.9. The van der Waals surface area contributed by atoms with Gasteiger partial charge in [-0.25, -0.2) is 4.98 Å². The van der Waals surface area contributed by atoms with Crippen molar-refractivity contribution in [3.8, 4) is 22.6 Å². The molecule has 182 valence electrons. The Kier molecular flexibility index (Phi) is 7.70. The third-order valence-corrected chi connectivity index (χ3v) is 6.51. The summed E-state index contributed by atoms with van der Waals surface area (Å²) in [6, 6.07) is 9.39. The number of aryl methyl sites for hydroxylation is 1. The highest BCUT2D eigenvalue weighted by Gasteiger charge is 2.15. The second kappa shape index (κ2) is 10.9. The summed E-state index contributed by atoms with van der Waals surface area (Å²) in [6.45, 7) is 9.03. The molecule has 1 aromatic carbocycles. The average molecular weight is 466 g/mol. The van der Waals surface area contributed by atoms with Gasteiger partial charge in [-0.05, 0) is 50.7 Å². The van der Waals surface area contributed by atoms with Gasteiger partial charge in [0.25, 0.3) is 5.56 Å². The van der Waals surface area contributed by atoms with Gasteiger partial charge in [0.15, 0.2) is 0 Å². The minimum atomic E-state index is -0.0440. The van der Waals surface area contributed by atoms with E-state index in [0.29, 0.717) is 23.6 Å². The van der Waals surface area contributed by atoms with E-state index in [1.807, 2.05) is 37.4 Å². The van der Waals surface area contributed by atoms with Crippen LogP contribution in [0.4, 0.5) is 5.82 Å². The molecule has 8 nitrogen and oxygen atoms in total. The van der Waals surface area contributed by atoms with Crippen LogP contribution in [0.5, 0.6) is 11.5 Å². The van der Waals surface area contributed by atoms with E-state index in [2.05, 4.69) is 27.1 Å². The summed E-state index contributed by atoms with van der Waals surface area (Å²) in [6.07, 6.45) is 2.89. The molecule has 1 saturated heterocycles. The van der Waals surface area contributed by atoms with Gasteiger partial charge in [-0.3, -0.25) is 4.79 Å². The Bertz CT molecular complexity index is 1160. The molecular weight excluding hydrogens is 430 g/mol. The Morgan fingerprint density at radius 3 is 2.35 bits per heavy atom. The number of rotatable bonds is 9. The molecule has 0 aliphatic carbocycles. The number of nitrogens with zero attached hydrogens (tertiary/aromatic N) is 4. The molecule has 34 heavy (non-hydrogen) atoms. The summed E-state index contributed by atoms with van der Waals surface area (Å²) in [5.41, 5.74) is 2.19. The number of hydrogen-bond acceptors (Lipinski definition) is 7. The Labute approximate surface area is 201 Å². The van der Waals surface area contributed by atoms with Crippen molar-refractivity contribution in [1.29, 1.82) is 0 Å². The van der Waals surface area contributed by atoms with E-state index < -0.39 is 0 Å². The summed E-state index contributed by atoms with van der Waals surface area (Å²) in [5, 5.41) is 4.35. The highest BCUT2D eigenvalue weighted by molar-refractivity contribution is 5.85. The number of aromatic nitrogens is 2. The van der Waals surface area contributed by atoms with Crippen molar-refractivity contribution in [3.05, 3.63) is 46.9 Å². The molecule has 3 aromatic rings. The maximum atomic E-state index is 13.4. The van der Waals surface area contributed by atoms with Gasteiger partial charge in [0.1, 0.15) is 17.3 Å². The van der Waals surface area contributed by atoms with Gasteiger partial charge >= 0.3 is 0 Å². The van der Waals surface area contributed by atoms with Crippen molar-refractivity contribution in [1.82, 2.24) is 19.4 Å². The fraction of sp³-hybridized carbons (Fsp3) is 0.462. The molecule has 0 amide bonds. The van der Waals surface area contributed by atoms with Crippen molar-refractivity contribution in [2.45, 2.75) is 19.9 Å². The second-order valence-electron chi connectivity index (χ2n) is 8.76. The summed E-state index contributed by atoms with van der Waals surface area (Å²) in [4.78, 5) is 22.9. The fourth-order valence-corrected chi connectivity index (χ4v) is 4.44. The molecule has 0 saturated carbocycles. The third-order valence-electron chi connectivity index (χ3n) is 6.51. The lowest BCUT2D eigenvalue weighted by Crippen LogP contribution is -2.44. The largest absolute Gasteiger partial charge is 0.497 e. The van der Waals surface area contributed by atoms with Crippen LogP contribution in [0.2, 0.25) is 0 Å². The summed E-state index contributed by atoms with van der Waals surface area (Å²) < 4.78 is 12.6. The number of ether oxygens (including phenoxy) is 2. The predicted octanol–water partition coefficient (Wildman–Crippen LogP) is 3.15. The first kappa shape index (κ1) is 24.0. The Hall–Kier alpha value is -3.10. The molecule has 0 spiro atoms. The van der Waals surface area contributed by atoms with Crippen molar-refractivity contribution < 1.29 is 9.47 Å². The highest BCUT2D eigenvalue weighted by Crippen LogP contribution is 2.30. The summed E-state index contributed by atoms with van der Waals surface area (Å²) in [5.74, 6) is 2.08. The van der Waals surface area contributed by atoms with Crippen LogP contribution in [0, 0.1) is 0 Å². The number of hydrogen-bond donors (Lipinski definition) is 1. The molecule has 0 bridgehead atoms. The van der Waals surface area contributed by atoms with Gasteiger partial charge in [0, 0.05) is 68.5 Å². The van der Waals surface area contributed by atoms with Crippen LogP contribution in [-0.2, 0) is 6.54 Å². The quantitative estimate of drug-likeness (QED) is 0.487. The monoisotopic (exact) mass is 465 g/mol. The molecule has 4 rings (SSSR count). The smallest absolute Gasteiger partial charge is 0.258 e. The van der Waals surface area contributed by atoms with Gasteiger partial charge in [-0.15, -0.1) is 0 Å². The second-order valence-corrected chi connectivity index (χ2v) is 8.76. The van der Waals surface area contributed by atoms with Crippen LogP contribution >= 0.6 is 0 Å². The van der Waals surface area contributed by atoms with Crippen LogP contribution in [0.15, 0.2) is 41.3 Å². The molecular formula is C26H35N5O3. The number of pyridine rings is 2. The number of nitrogens with one attached hydrogen (secondary N) is 1. The van der Waals surface area contributed by atoms with E-state index in [9.17, 15) is 4.79 Å². The van der Waals surface area contributed by atoms with E-state index in [1.54, 1.807) is 24.9 Å².